The number of hydrogen-bond acceptors (Lipinski definition) is 3. The first-order chi connectivity index (χ1) is 7.99. The average Bonchev–Trinajstić information content (AvgIpc) is 2.68. The average molecular weight is 362 g/mol. The van der Waals surface area contributed by atoms with E-state index in [0.717, 1.165) is 5.69 Å². The first-order valence-corrected chi connectivity index (χ1v) is 6.63. The van der Waals surface area contributed by atoms with E-state index in [-0.39, 0.29) is 11.5 Å². The Kier molecular flexibility index (Phi) is 3.53. The zero-order valence-electron chi connectivity index (χ0n) is 9.25. The maximum absolute atomic E-state index is 11.7. The Hall–Kier alpha value is -0.880. The smallest absolute Gasteiger partial charge is 0.265 e. The van der Waals surface area contributed by atoms with E-state index in [1.807, 2.05) is 13.8 Å². The zero-order valence-corrected chi connectivity index (χ0v) is 12.4. The lowest BCUT2D eigenvalue weighted by atomic mass is 10.1. The highest BCUT2D eigenvalue weighted by atomic mass is 79.9. The summed E-state index contributed by atoms with van der Waals surface area (Å²) in [5.41, 5.74) is 0.516. The van der Waals surface area contributed by atoms with Gasteiger partial charge < -0.3 is 9.40 Å². The van der Waals surface area contributed by atoms with E-state index >= 15 is 0 Å². The van der Waals surface area contributed by atoms with Crippen molar-refractivity contribution in [1.82, 2.24) is 9.97 Å². The van der Waals surface area contributed by atoms with Gasteiger partial charge in [0.15, 0.2) is 16.3 Å². The molecular weight excluding hydrogens is 352 g/mol. The fourth-order valence-corrected chi connectivity index (χ4v) is 2.37. The number of furan rings is 1. The van der Waals surface area contributed by atoms with Crippen LogP contribution in [0.4, 0.5) is 0 Å². The van der Waals surface area contributed by atoms with Crippen molar-refractivity contribution in [2.45, 2.75) is 19.8 Å². The normalized spacial score (nSPS) is 11.1. The van der Waals surface area contributed by atoms with Crippen LogP contribution in [-0.2, 0) is 0 Å². The molecule has 2 rings (SSSR count). The molecule has 0 amide bonds. The molecule has 0 atom stereocenters. The van der Waals surface area contributed by atoms with Crippen molar-refractivity contribution >= 4 is 31.9 Å². The van der Waals surface area contributed by atoms with Crippen LogP contribution in [0.25, 0.3) is 11.6 Å². The number of H-pyrrole nitrogens is 1. The number of aromatic nitrogens is 2. The third kappa shape index (κ3) is 2.52. The summed E-state index contributed by atoms with van der Waals surface area (Å²) in [5, 5.41) is 0. The van der Waals surface area contributed by atoms with Crippen molar-refractivity contribution in [1.29, 1.82) is 0 Å². The van der Waals surface area contributed by atoms with Gasteiger partial charge in [-0.05, 0) is 49.9 Å². The summed E-state index contributed by atoms with van der Waals surface area (Å²) in [5.74, 6) is 1.12. The zero-order chi connectivity index (χ0) is 12.6. The Morgan fingerprint density at radius 3 is 2.59 bits per heavy atom. The molecule has 0 aliphatic heterocycles. The minimum atomic E-state index is -0.203. The molecule has 0 aliphatic rings. The molecule has 90 valence electrons. The fraction of sp³-hybridized carbons (Fsp3) is 0.273. The summed E-state index contributed by atoms with van der Waals surface area (Å²) in [6, 6.07) is 3.51. The molecular formula is C11H10Br2N2O2. The molecule has 2 aromatic heterocycles. The van der Waals surface area contributed by atoms with Crippen LogP contribution in [0.2, 0.25) is 0 Å². The topological polar surface area (TPSA) is 58.9 Å². The van der Waals surface area contributed by atoms with E-state index in [2.05, 4.69) is 41.8 Å². The number of hydrogen-bond donors (Lipinski definition) is 1. The second kappa shape index (κ2) is 4.78. The molecule has 0 saturated heterocycles. The summed E-state index contributed by atoms with van der Waals surface area (Å²) in [7, 11) is 0. The number of aromatic amines is 1. The van der Waals surface area contributed by atoms with E-state index in [1.54, 1.807) is 12.1 Å². The van der Waals surface area contributed by atoms with Gasteiger partial charge in [0.05, 0.1) is 5.69 Å². The Morgan fingerprint density at radius 1 is 1.35 bits per heavy atom. The van der Waals surface area contributed by atoms with Crippen molar-refractivity contribution in [2.24, 2.45) is 0 Å². The second-order valence-electron chi connectivity index (χ2n) is 3.87. The number of nitrogens with zero attached hydrogens (tertiary/aromatic N) is 1. The number of halogens is 2. The van der Waals surface area contributed by atoms with Crippen LogP contribution >= 0.6 is 31.9 Å². The summed E-state index contributed by atoms with van der Waals surface area (Å²) in [4.78, 5) is 18.8. The Bertz CT molecular complexity index is 602. The fourth-order valence-electron chi connectivity index (χ4n) is 1.42. The van der Waals surface area contributed by atoms with Gasteiger partial charge in [0.25, 0.3) is 5.56 Å². The first kappa shape index (κ1) is 12.6. The van der Waals surface area contributed by atoms with Crippen molar-refractivity contribution < 1.29 is 4.42 Å². The molecule has 0 bridgehead atoms. The van der Waals surface area contributed by atoms with Crippen molar-refractivity contribution in [3.05, 3.63) is 37.3 Å². The quantitative estimate of drug-likeness (QED) is 0.887. The maximum Gasteiger partial charge on any atom is 0.265 e. The summed E-state index contributed by atoms with van der Waals surface area (Å²) >= 11 is 6.46. The first-order valence-electron chi connectivity index (χ1n) is 5.04. The monoisotopic (exact) mass is 360 g/mol. The molecule has 0 saturated carbocycles. The largest absolute Gasteiger partial charge is 0.446 e. The van der Waals surface area contributed by atoms with E-state index in [1.165, 1.54) is 0 Å². The van der Waals surface area contributed by atoms with Crippen LogP contribution in [0.5, 0.6) is 0 Å². The van der Waals surface area contributed by atoms with E-state index in [9.17, 15) is 4.79 Å². The van der Waals surface area contributed by atoms with E-state index < -0.39 is 0 Å². The minimum Gasteiger partial charge on any atom is -0.446 e. The second-order valence-corrected chi connectivity index (χ2v) is 5.45. The third-order valence-electron chi connectivity index (χ3n) is 2.24. The molecule has 0 radical (unpaired) electrons. The number of rotatable bonds is 2. The molecule has 0 aromatic carbocycles. The van der Waals surface area contributed by atoms with E-state index in [4.69, 9.17) is 4.42 Å². The van der Waals surface area contributed by atoms with Crippen molar-refractivity contribution in [3.63, 3.8) is 0 Å². The van der Waals surface area contributed by atoms with Gasteiger partial charge in [-0.2, -0.15) is 0 Å². The van der Waals surface area contributed by atoms with Gasteiger partial charge in [0, 0.05) is 0 Å². The highest BCUT2D eigenvalue weighted by molar-refractivity contribution is 9.10. The molecule has 4 nitrogen and oxygen atoms in total. The Balaban J connectivity index is 2.61. The van der Waals surface area contributed by atoms with Gasteiger partial charge in [-0.1, -0.05) is 13.8 Å². The van der Waals surface area contributed by atoms with Crippen LogP contribution in [-0.4, -0.2) is 9.97 Å². The van der Waals surface area contributed by atoms with Gasteiger partial charge >= 0.3 is 0 Å². The lowest BCUT2D eigenvalue weighted by Crippen LogP contribution is -2.14. The van der Waals surface area contributed by atoms with Crippen LogP contribution in [0.15, 0.2) is 30.5 Å². The van der Waals surface area contributed by atoms with Gasteiger partial charge in [-0.25, -0.2) is 4.98 Å². The van der Waals surface area contributed by atoms with Gasteiger partial charge in [0.2, 0.25) is 0 Å². The third-order valence-corrected chi connectivity index (χ3v) is 3.43. The van der Waals surface area contributed by atoms with Crippen LogP contribution in [0.1, 0.15) is 25.5 Å². The van der Waals surface area contributed by atoms with Gasteiger partial charge in [-0.3, -0.25) is 4.79 Å². The summed E-state index contributed by atoms with van der Waals surface area (Å²) in [6.07, 6.45) is 0. The van der Waals surface area contributed by atoms with Crippen LogP contribution < -0.4 is 5.56 Å². The highest BCUT2D eigenvalue weighted by Crippen LogP contribution is 2.25. The molecule has 6 heteroatoms. The Labute approximate surface area is 115 Å². The summed E-state index contributed by atoms with van der Waals surface area (Å²) < 4.78 is 6.44. The van der Waals surface area contributed by atoms with Crippen LogP contribution in [0.3, 0.4) is 0 Å². The SMILES string of the molecule is CC(C)c1nc(-c2ccc(Br)o2)[nH]c(=O)c1Br. The maximum atomic E-state index is 11.7. The van der Waals surface area contributed by atoms with Crippen LogP contribution in [0, 0.1) is 0 Å². The molecule has 2 heterocycles. The molecule has 17 heavy (non-hydrogen) atoms. The lowest BCUT2D eigenvalue weighted by Gasteiger charge is -2.07. The molecule has 0 aliphatic carbocycles. The molecule has 0 unspecified atom stereocenters. The predicted molar refractivity (Wildman–Crippen MR) is 72.0 cm³/mol. The molecule has 1 N–H and O–H groups in total. The van der Waals surface area contributed by atoms with Gasteiger partial charge in [-0.15, -0.1) is 0 Å². The highest BCUT2D eigenvalue weighted by Gasteiger charge is 2.14. The van der Waals surface area contributed by atoms with Gasteiger partial charge in [0.1, 0.15) is 4.47 Å². The molecule has 0 spiro atoms. The van der Waals surface area contributed by atoms with Crippen molar-refractivity contribution in [2.75, 3.05) is 0 Å². The summed E-state index contributed by atoms with van der Waals surface area (Å²) in [6.45, 7) is 3.96. The van der Waals surface area contributed by atoms with E-state index in [0.29, 0.717) is 20.7 Å². The molecule has 2 aromatic rings. The molecule has 0 fully saturated rings. The standard InChI is InChI=1S/C11H10Br2N2O2/c1-5(2)9-8(13)11(16)15-10(14-9)6-3-4-7(12)17-6/h3-5H,1-2H3,(H,14,15,16). The minimum absolute atomic E-state index is 0.156. The predicted octanol–water partition coefficient (Wildman–Crippen LogP) is 3.68. The van der Waals surface area contributed by atoms with Crippen molar-refractivity contribution in [3.8, 4) is 11.6 Å². The lowest BCUT2D eigenvalue weighted by molar-refractivity contribution is 0.550. The number of nitrogens with one attached hydrogen (secondary N) is 1. The Morgan fingerprint density at radius 2 is 2.06 bits per heavy atom.